The summed E-state index contributed by atoms with van der Waals surface area (Å²) in [5, 5.41) is 0. The Morgan fingerprint density at radius 1 is 0.286 bits per heavy atom. The predicted octanol–water partition coefficient (Wildman–Crippen LogP) is 17.8. The second-order valence-corrected chi connectivity index (χ2v) is 18.0. The first kappa shape index (κ1) is 54.9. The van der Waals surface area contributed by atoms with Crippen LogP contribution in [0.4, 0.5) is 0 Å². The molecule has 4 nitrogen and oxygen atoms in total. The number of unbranched alkanes of at least 4 members (excludes halogenated alkanes) is 32. The smallest absolute Gasteiger partial charge is 0.306 e. The standard InChI is InChI=1S/C52H102O4/c1-5-9-13-17-21-25-27-31-35-39-43-49(41-37-33-29-23-19-15-11-7-3)47-51(53)55-45-46-56-52(54)48-50(42-38-34-30-24-20-16-12-8-4)44-40-36-32-28-26-22-18-14-10-6-2/h49-50H,5-48H2,1-4H3. The summed E-state index contributed by atoms with van der Waals surface area (Å²) in [4.78, 5) is 25.9. The van der Waals surface area contributed by atoms with Crippen molar-refractivity contribution in [3.05, 3.63) is 0 Å². The summed E-state index contributed by atoms with van der Waals surface area (Å²) >= 11 is 0. The molecule has 0 aromatic heterocycles. The molecule has 0 rings (SSSR count). The number of hydrogen-bond donors (Lipinski definition) is 0. The van der Waals surface area contributed by atoms with Gasteiger partial charge in [0, 0.05) is 12.8 Å². The van der Waals surface area contributed by atoms with Crippen LogP contribution in [0.1, 0.15) is 297 Å². The molecule has 0 saturated carbocycles. The van der Waals surface area contributed by atoms with Gasteiger partial charge in [0.1, 0.15) is 13.2 Å². The lowest BCUT2D eigenvalue weighted by atomic mass is 9.91. The number of carbonyl (C=O) groups excluding carboxylic acids is 2. The van der Waals surface area contributed by atoms with Crippen molar-refractivity contribution in [2.45, 2.75) is 297 Å². The van der Waals surface area contributed by atoms with E-state index in [1.807, 2.05) is 0 Å². The minimum Gasteiger partial charge on any atom is -0.462 e. The molecule has 0 radical (unpaired) electrons. The first-order chi connectivity index (χ1) is 27.6. The summed E-state index contributed by atoms with van der Waals surface area (Å²) in [6, 6.07) is 0. The van der Waals surface area contributed by atoms with Crippen molar-refractivity contribution < 1.29 is 19.1 Å². The molecular formula is C52H102O4. The maximum absolute atomic E-state index is 12.9. The third-order valence-corrected chi connectivity index (χ3v) is 12.4. The normalized spacial score (nSPS) is 12.6. The van der Waals surface area contributed by atoms with E-state index in [0.29, 0.717) is 24.7 Å². The molecule has 0 N–H and O–H groups in total. The highest BCUT2D eigenvalue weighted by atomic mass is 16.6. The molecular weight excluding hydrogens is 689 g/mol. The second kappa shape index (κ2) is 46.6. The van der Waals surface area contributed by atoms with Crippen LogP contribution in [0.25, 0.3) is 0 Å². The van der Waals surface area contributed by atoms with Gasteiger partial charge in [-0.15, -0.1) is 0 Å². The number of esters is 2. The van der Waals surface area contributed by atoms with E-state index in [9.17, 15) is 9.59 Å². The van der Waals surface area contributed by atoms with Gasteiger partial charge in [0.25, 0.3) is 0 Å². The van der Waals surface area contributed by atoms with Crippen molar-refractivity contribution in [2.24, 2.45) is 11.8 Å². The van der Waals surface area contributed by atoms with Gasteiger partial charge < -0.3 is 9.47 Å². The first-order valence-electron chi connectivity index (χ1n) is 25.9. The molecule has 0 aromatic rings. The third-order valence-electron chi connectivity index (χ3n) is 12.4. The Hall–Kier alpha value is -1.06. The van der Waals surface area contributed by atoms with E-state index in [2.05, 4.69) is 27.7 Å². The minimum atomic E-state index is -0.105. The first-order valence-corrected chi connectivity index (χ1v) is 25.9. The zero-order valence-corrected chi connectivity index (χ0v) is 38.9. The Labute approximate surface area is 352 Å². The zero-order valence-electron chi connectivity index (χ0n) is 38.9. The van der Waals surface area contributed by atoms with Gasteiger partial charge in [-0.3, -0.25) is 9.59 Å². The number of rotatable bonds is 47. The van der Waals surface area contributed by atoms with Crippen LogP contribution >= 0.6 is 0 Å². The third kappa shape index (κ3) is 42.5. The Bertz CT molecular complexity index is 717. The maximum atomic E-state index is 12.9. The molecule has 0 aromatic carbocycles. The number of ether oxygens (including phenoxy) is 2. The highest BCUT2D eigenvalue weighted by Gasteiger charge is 2.17. The molecule has 0 amide bonds. The van der Waals surface area contributed by atoms with Crippen molar-refractivity contribution in [1.82, 2.24) is 0 Å². The molecule has 0 fully saturated rings. The fraction of sp³-hybridized carbons (Fsp3) is 0.962. The molecule has 0 spiro atoms. The average molecular weight is 791 g/mol. The molecule has 0 heterocycles. The van der Waals surface area contributed by atoms with E-state index < -0.39 is 0 Å². The van der Waals surface area contributed by atoms with Crippen LogP contribution in [-0.4, -0.2) is 25.2 Å². The number of carbonyl (C=O) groups is 2. The monoisotopic (exact) mass is 791 g/mol. The van der Waals surface area contributed by atoms with Gasteiger partial charge in [-0.25, -0.2) is 0 Å². The molecule has 0 aliphatic heterocycles. The van der Waals surface area contributed by atoms with Crippen LogP contribution in [0, 0.1) is 11.8 Å². The SMILES string of the molecule is CCCCCCCCCCCCC(CCCCCCCCCC)CC(=O)OCCOC(=O)CC(CCCCCCCCCC)CCCCCCCCCCCC. The topological polar surface area (TPSA) is 52.6 Å². The largest absolute Gasteiger partial charge is 0.462 e. The zero-order chi connectivity index (χ0) is 40.8. The summed E-state index contributed by atoms with van der Waals surface area (Å²) in [7, 11) is 0. The molecule has 2 atom stereocenters. The minimum absolute atomic E-state index is 0.105. The van der Waals surface area contributed by atoms with Crippen LogP contribution in [0.3, 0.4) is 0 Å². The Morgan fingerprint density at radius 3 is 0.661 bits per heavy atom. The van der Waals surface area contributed by atoms with Crippen LogP contribution in [0.5, 0.6) is 0 Å². The quantitative estimate of drug-likeness (QED) is 0.0455. The average Bonchev–Trinajstić information content (AvgIpc) is 3.19. The van der Waals surface area contributed by atoms with E-state index in [0.717, 1.165) is 25.7 Å². The van der Waals surface area contributed by atoms with Gasteiger partial charge >= 0.3 is 11.9 Å². The van der Waals surface area contributed by atoms with Crippen LogP contribution in [-0.2, 0) is 19.1 Å². The molecule has 0 aliphatic carbocycles. The van der Waals surface area contributed by atoms with Gasteiger partial charge in [0.2, 0.25) is 0 Å². The lowest BCUT2D eigenvalue weighted by Gasteiger charge is -2.17. The van der Waals surface area contributed by atoms with E-state index in [1.165, 1.54) is 231 Å². The molecule has 56 heavy (non-hydrogen) atoms. The molecule has 334 valence electrons. The van der Waals surface area contributed by atoms with Crippen LogP contribution < -0.4 is 0 Å². The second-order valence-electron chi connectivity index (χ2n) is 18.0. The van der Waals surface area contributed by atoms with Gasteiger partial charge in [0.15, 0.2) is 0 Å². The van der Waals surface area contributed by atoms with Crippen molar-refractivity contribution >= 4 is 11.9 Å². The lowest BCUT2D eigenvalue weighted by molar-refractivity contribution is -0.153. The Balaban J connectivity index is 4.59. The van der Waals surface area contributed by atoms with Gasteiger partial charge in [0.05, 0.1) is 0 Å². The van der Waals surface area contributed by atoms with Crippen molar-refractivity contribution in [2.75, 3.05) is 13.2 Å². The van der Waals surface area contributed by atoms with Crippen LogP contribution in [0.2, 0.25) is 0 Å². The summed E-state index contributed by atoms with van der Waals surface area (Å²) in [5.74, 6) is 0.626. The lowest BCUT2D eigenvalue weighted by Crippen LogP contribution is -2.18. The molecule has 0 saturated heterocycles. The highest BCUT2D eigenvalue weighted by molar-refractivity contribution is 5.70. The predicted molar refractivity (Wildman–Crippen MR) is 246 cm³/mol. The van der Waals surface area contributed by atoms with Crippen molar-refractivity contribution in [3.63, 3.8) is 0 Å². The van der Waals surface area contributed by atoms with E-state index in [1.54, 1.807) is 0 Å². The summed E-state index contributed by atoms with van der Waals surface area (Å²) in [6.07, 6.45) is 53.7. The summed E-state index contributed by atoms with van der Waals surface area (Å²) in [5.41, 5.74) is 0. The van der Waals surface area contributed by atoms with Gasteiger partial charge in [-0.2, -0.15) is 0 Å². The molecule has 0 aliphatic rings. The van der Waals surface area contributed by atoms with Gasteiger partial charge in [-0.1, -0.05) is 259 Å². The Morgan fingerprint density at radius 2 is 0.464 bits per heavy atom. The fourth-order valence-corrected chi connectivity index (χ4v) is 8.57. The van der Waals surface area contributed by atoms with Gasteiger partial charge in [-0.05, 0) is 37.5 Å². The summed E-state index contributed by atoms with van der Waals surface area (Å²) < 4.78 is 11.3. The molecule has 4 heteroatoms. The van der Waals surface area contributed by atoms with Crippen molar-refractivity contribution in [3.8, 4) is 0 Å². The summed E-state index contributed by atoms with van der Waals surface area (Å²) in [6.45, 7) is 9.51. The molecule has 2 unspecified atom stereocenters. The van der Waals surface area contributed by atoms with E-state index >= 15 is 0 Å². The van der Waals surface area contributed by atoms with Crippen LogP contribution in [0.15, 0.2) is 0 Å². The highest BCUT2D eigenvalue weighted by Crippen LogP contribution is 2.25. The fourth-order valence-electron chi connectivity index (χ4n) is 8.57. The van der Waals surface area contributed by atoms with E-state index in [-0.39, 0.29) is 25.2 Å². The van der Waals surface area contributed by atoms with Crippen molar-refractivity contribution in [1.29, 1.82) is 0 Å². The Kier molecular flexibility index (Phi) is 45.7. The number of hydrogen-bond acceptors (Lipinski definition) is 4. The van der Waals surface area contributed by atoms with E-state index in [4.69, 9.17) is 9.47 Å². The maximum Gasteiger partial charge on any atom is 0.306 e. The molecule has 0 bridgehead atoms.